The van der Waals surface area contributed by atoms with E-state index in [-0.39, 0.29) is 60.3 Å². The summed E-state index contributed by atoms with van der Waals surface area (Å²) in [5.74, 6) is 0.758. The van der Waals surface area contributed by atoms with Gasteiger partial charge in [0.2, 0.25) is 10.0 Å². The van der Waals surface area contributed by atoms with Crippen molar-refractivity contribution in [2.45, 2.75) is 31.8 Å². The maximum atomic E-state index is 13.3. The molecular formula is C22H27N5O6S2. The van der Waals surface area contributed by atoms with Gasteiger partial charge in [0.25, 0.3) is 11.8 Å². The highest BCUT2D eigenvalue weighted by molar-refractivity contribution is 8.14. The fourth-order valence-corrected chi connectivity index (χ4v) is 5.99. The third-order valence-corrected chi connectivity index (χ3v) is 8.33. The van der Waals surface area contributed by atoms with Gasteiger partial charge in [0.05, 0.1) is 18.8 Å². The molecule has 4 rings (SSSR count). The van der Waals surface area contributed by atoms with Crippen LogP contribution in [0.2, 0.25) is 0 Å². The van der Waals surface area contributed by atoms with E-state index in [2.05, 4.69) is 15.5 Å². The van der Waals surface area contributed by atoms with Crippen molar-refractivity contribution in [3.05, 3.63) is 41.3 Å². The molecule has 0 spiro atoms. The lowest BCUT2D eigenvalue weighted by molar-refractivity contribution is 0.0697. The number of hydrogen-bond donors (Lipinski definition) is 1. The molecule has 1 fully saturated rings. The van der Waals surface area contributed by atoms with Crippen LogP contribution in [0.25, 0.3) is 0 Å². The van der Waals surface area contributed by atoms with Gasteiger partial charge in [-0.1, -0.05) is 16.9 Å². The van der Waals surface area contributed by atoms with E-state index in [4.69, 9.17) is 9.26 Å². The zero-order valence-corrected chi connectivity index (χ0v) is 21.3. The van der Waals surface area contributed by atoms with E-state index in [0.29, 0.717) is 23.0 Å². The molecule has 11 nitrogen and oxygen atoms in total. The second kappa shape index (κ2) is 10.4. The molecule has 2 amide bonds. The van der Waals surface area contributed by atoms with Crippen LogP contribution in [-0.2, 0) is 10.0 Å². The fraction of sp³-hybridized carbons (Fsp3) is 0.455. The minimum absolute atomic E-state index is 0.0245. The number of aryl methyl sites for hydroxylation is 1. The monoisotopic (exact) mass is 521 g/mol. The van der Waals surface area contributed by atoms with Crippen molar-refractivity contribution in [3.63, 3.8) is 0 Å². The van der Waals surface area contributed by atoms with Crippen LogP contribution in [0.5, 0.6) is 5.75 Å². The van der Waals surface area contributed by atoms with Gasteiger partial charge in [-0.2, -0.15) is 4.31 Å². The van der Waals surface area contributed by atoms with Crippen LogP contribution in [0, 0.1) is 6.92 Å². The highest BCUT2D eigenvalue weighted by Gasteiger charge is 2.33. The first kappa shape index (κ1) is 25.2. The van der Waals surface area contributed by atoms with Gasteiger partial charge in [0, 0.05) is 43.1 Å². The first-order valence-electron chi connectivity index (χ1n) is 11.2. The van der Waals surface area contributed by atoms with Crippen LogP contribution in [0.4, 0.5) is 0 Å². The van der Waals surface area contributed by atoms with Gasteiger partial charge in [-0.25, -0.2) is 8.42 Å². The number of aromatic nitrogens is 1. The Labute approximate surface area is 207 Å². The number of nitrogens with zero attached hydrogens (tertiary/aromatic N) is 4. The SMILES string of the molecule is Cc1oncc1S(=O)(=O)N1CCN(C(=O)c2cc(OC(C)C)cc(C(=O)NC3=NCCS3)c2)CC1. The predicted octanol–water partition coefficient (Wildman–Crippen LogP) is 1.75. The summed E-state index contributed by atoms with van der Waals surface area (Å²) in [6.45, 7) is 6.57. The lowest BCUT2D eigenvalue weighted by atomic mass is 10.1. The van der Waals surface area contributed by atoms with Crippen LogP contribution in [0.1, 0.15) is 40.3 Å². The van der Waals surface area contributed by atoms with Gasteiger partial charge in [0.15, 0.2) is 10.9 Å². The van der Waals surface area contributed by atoms with E-state index >= 15 is 0 Å². The van der Waals surface area contributed by atoms with Crippen LogP contribution < -0.4 is 10.1 Å². The number of hydrogen-bond acceptors (Lipinski definition) is 9. The molecule has 0 bridgehead atoms. The van der Waals surface area contributed by atoms with E-state index in [9.17, 15) is 18.0 Å². The molecule has 1 aromatic carbocycles. The Bertz CT molecular complexity index is 1250. The van der Waals surface area contributed by atoms with Crippen molar-refractivity contribution >= 4 is 38.8 Å². The van der Waals surface area contributed by atoms with E-state index in [1.807, 2.05) is 13.8 Å². The maximum absolute atomic E-state index is 13.3. The third-order valence-electron chi connectivity index (χ3n) is 5.44. The summed E-state index contributed by atoms with van der Waals surface area (Å²) >= 11 is 1.46. The molecular weight excluding hydrogens is 494 g/mol. The van der Waals surface area contributed by atoms with Gasteiger partial charge in [-0.05, 0) is 39.0 Å². The minimum atomic E-state index is -3.76. The van der Waals surface area contributed by atoms with Crippen LogP contribution in [0.3, 0.4) is 0 Å². The highest BCUT2D eigenvalue weighted by atomic mass is 32.2. The number of thioether (sulfide) groups is 1. The molecule has 0 aliphatic carbocycles. The summed E-state index contributed by atoms with van der Waals surface area (Å²) in [6.07, 6.45) is 1.03. The Morgan fingerprint density at radius 3 is 2.46 bits per heavy atom. The molecule has 35 heavy (non-hydrogen) atoms. The number of sulfonamides is 1. The normalized spacial score (nSPS) is 16.9. The van der Waals surface area contributed by atoms with Crippen LogP contribution in [-0.4, -0.2) is 84.3 Å². The second-order valence-corrected chi connectivity index (χ2v) is 11.3. The van der Waals surface area contributed by atoms with Crippen molar-refractivity contribution in [3.8, 4) is 5.75 Å². The molecule has 2 aromatic rings. The molecule has 1 saturated heterocycles. The highest BCUT2D eigenvalue weighted by Crippen LogP contribution is 2.24. The molecule has 0 atom stereocenters. The second-order valence-electron chi connectivity index (χ2n) is 8.34. The van der Waals surface area contributed by atoms with Crippen molar-refractivity contribution < 1.29 is 27.3 Å². The lowest BCUT2D eigenvalue weighted by Gasteiger charge is -2.34. The van der Waals surface area contributed by atoms with Crippen molar-refractivity contribution in [2.75, 3.05) is 38.5 Å². The summed E-state index contributed by atoms with van der Waals surface area (Å²) in [7, 11) is -3.76. The number of nitrogens with one attached hydrogen (secondary N) is 1. The smallest absolute Gasteiger partial charge is 0.257 e. The summed E-state index contributed by atoms with van der Waals surface area (Å²) in [6, 6.07) is 4.72. The van der Waals surface area contributed by atoms with Gasteiger partial charge < -0.3 is 19.5 Å². The largest absolute Gasteiger partial charge is 0.491 e. The number of benzene rings is 1. The number of rotatable bonds is 6. The molecule has 3 heterocycles. The van der Waals surface area contributed by atoms with Crippen molar-refractivity contribution in [1.29, 1.82) is 0 Å². The van der Waals surface area contributed by atoms with Gasteiger partial charge >= 0.3 is 0 Å². The quantitative estimate of drug-likeness (QED) is 0.608. The number of carbonyl (C=O) groups excluding carboxylic acids is 2. The summed E-state index contributed by atoms with van der Waals surface area (Å²) in [4.78, 5) is 32.0. The Hall–Kier alpha value is -2.90. The summed E-state index contributed by atoms with van der Waals surface area (Å²) < 4.78 is 37.7. The van der Waals surface area contributed by atoms with Crippen molar-refractivity contribution in [1.82, 2.24) is 19.7 Å². The van der Waals surface area contributed by atoms with E-state index in [1.165, 1.54) is 35.3 Å². The average Bonchev–Trinajstić information content (AvgIpc) is 3.50. The molecule has 13 heteroatoms. The molecule has 188 valence electrons. The lowest BCUT2D eigenvalue weighted by Crippen LogP contribution is -2.50. The third kappa shape index (κ3) is 5.68. The predicted molar refractivity (Wildman–Crippen MR) is 130 cm³/mol. The first-order chi connectivity index (χ1) is 16.6. The standard InChI is InChI=1S/C22H27N5O6S2/c1-14(2)32-18-11-16(20(28)25-22-23-4-9-34-22)10-17(12-18)21(29)26-5-7-27(8-6-26)35(30,31)19-13-24-33-15(19)3/h10-14H,4-9H2,1-3H3,(H,23,25,28). The van der Waals surface area contributed by atoms with Gasteiger partial charge in [-0.15, -0.1) is 0 Å². The molecule has 0 saturated carbocycles. The number of ether oxygens (including phenoxy) is 1. The topological polar surface area (TPSA) is 134 Å². The molecule has 2 aliphatic rings. The summed E-state index contributed by atoms with van der Waals surface area (Å²) in [5, 5.41) is 6.87. The summed E-state index contributed by atoms with van der Waals surface area (Å²) in [5.41, 5.74) is 0.575. The Kier molecular flexibility index (Phi) is 7.47. The van der Waals surface area contributed by atoms with E-state index in [0.717, 1.165) is 5.75 Å². The van der Waals surface area contributed by atoms with Crippen LogP contribution in [0.15, 0.2) is 38.8 Å². The number of piperazine rings is 1. The number of amides is 2. The molecule has 2 aliphatic heterocycles. The number of aliphatic imine (C=N–C) groups is 1. The van der Waals surface area contributed by atoms with Crippen LogP contribution >= 0.6 is 11.8 Å². The maximum Gasteiger partial charge on any atom is 0.257 e. The number of carbonyl (C=O) groups is 2. The zero-order chi connectivity index (χ0) is 25.2. The minimum Gasteiger partial charge on any atom is -0.491 e. The Morgan fingerprint density at radius 2 is 1.86 bits per heavy atom. The first-order valence-corrected chi connectivity index (χ1v) is 13.6. The fourth-order valence-electron chi connectivity index (χ4n) is 3.76. The Morgan fingerprint density at radius 1 is 1.14 bits per heavy atom. The van der Waals surface area contributed by atoms with E-state index < -0.39 is 10.0 Å². The Balaban J connectivity index is 1.50. The van der Waals surface area contributed by atoms with Crippen molar-refractivity contribution in [2.24, 2.45) is 4.99 Å². The van der Waals surface area contributed by atoms with Gasteiger partial charge in [0.1, 0.15) is 10.6 Å². The molecule has 1 aromatic heterocycles. The zero-order valence-electron chi connectivity index (χ0n) is 19.7. The molecule has 1 N–H and O–H groups in total. The van der Waals surface area contributed by atoms with E-state index in [1.54, 1.807) is 17.0 Å². The van der Waals surface area contributed by atoms with Gasteiger partial charge in [-0.3, -0.25) is 14.6 Å². The number of amidine groups is 1. The molecule has 0 radical (unpaired) electrons. The molecule has 0 unspecified atom stereocenters. The average molecular weight is 522 g/mol.